The van der Waals surface area contributed by atoms with Gasteiger partial charge in [0.05, 0.1) is 0 Å². The first-order chi connectivity index (χ1) is 13.4. The molecule has 150 valence electrons. The van der Waals surface area contributed by atoms with Crippen LogP contribution in [0.4, 0.5) is 5.69 Å². The Morgan fingerprint density at radius 1 is 0.714 bits per heavy atom. The molecule has 0 aliphatic rings. The molecule has 0 aliphatic carbocycles. The maximum atomic E-state index is 5.46. The third-order valence-electron chi connectivity index (χ3n) is 3.74. The SMILES string of the molecule is Cc1cccc(CN)c1.Cc1cccc(N)c1.Cc1cccc(OCCN)c1. The standard InChI is InChI=1S/C9H13NO.C8H11N.C7H9N/c1-8-3-2-4-9(7-8)11-6-5-10;1-7-3-2-4-8(5-7)6-9;1-6-3-2-4-7(8)5-6/h2-4,7H,5-6,10H2,1H3;2-5H,6,9H2,1H3;2-5H,8H2,1H3. The second kappa shape index (κ2) is 13.4. The van der Waals surface area contributed by atoms with Gasteiger partial charge in [-0.15, -0.1) is 0 Å². The van der Waals surface area contributed by atoms with E-state index in [1.807, 2.05) is 74.5 Å². The van der Waals surface area contributed by atoms with Crippen LogP contribution >= 0.6 is 0 Å². The fraction of sp³-hybridized carbons (Fsp3) is 0.250. The van der Waals surface area contributed by atoms with E-state index in [2.05, 4.69) is 19.1 Å². The Hall–Kier alpha value is -2.82. The van der Waals surface area contributed by atoms with E-state index in [1.165, 1.54) is 22.3 Å². The van der Waals surface area contributed by atoms with E-state index in [1.54, 1.807) is 0 Å². The molecule has 4 heteroatoms. The van der Waals surface area contributed by atoms with E-state index in [0.29, 0.717) is 19.7 Å². The van der Waals surface area contributed by atoms with Gasteiger partial charge in [0.1, 0.15) is 12.4 Å². The molecule has 0 fully saturated rings. The van der Waals surface area contributed by atoms with Crippen LogP contribution < -0.4 is 21.9 Å². The number of anilines is 1. The van der Waals surface area contributed by atoms with Gasteiger partial charge in [-0.05, 0) is 61.7 Å². The lowest BCUT2D eigenvalue weighted by molar-refractivity contribution is 0.328. The number of hydrogen-bond donors (Lipinski definition) is 3. The topological polar surface area (TPSA) is 87.3 Å². The Balaban J connectivity index is 0.000000213. The van der Waals surface area contributed by atoms with Crippen LogP contribution in [0.25, 0.3) is 0 Å². The predicted molar refractivity (Wildman–Crippen MR) is 120 cm³/mol. The van der Waals surface area contributed by atoms with E-state index in [-0.39, 0.29) is 0 Å². The van der Waals surface area contributed by atoms with Gasteiger partial charge in [-0.25, -0.2) is 0 Å². The predicted octanol–water partition coefficient (Wildman–Crippen LogP) is 4.36. The van der Waals surface area contributed by atoms with Gasteiger partial charge in [-0.2, -0.15) is 0 Å². The van der Waals surface area contributed by atoms with Crippen molar-refractivity contribution in [2.45, 2.75) is 27.3 Å². The lowest BCUT2D eigenvalue weighted by Crippen LogP contribution is -2.10. The summed E-state index contributed by atoms with van der Waals surface area (Å²) >= 11 is 0. The van der Waals surface area contributed by atoms with Gasteiger partial charge in [0.2, 0.25) is 0 Å². The molecule has 3 aromatic carbocycles. The highest BCUT2D eigenvalue weighted by atomic mass is 16.5. The first-order valence-corrected chi connectivity index (χ1v) is 9.42. The van der Waals surface area contributed by atoms with Crippen molar-refractivity contribution >= 4 is 5.69 Å². The summed E-state index contributed by atoms with van der Waals surface area (Å²) in [4.78, 5) is 0. The molecule has 0 saturated heterocycles. The molecule has 3 aromatic rings. The number of aryl methyl sites for hydroxylation is 3. The van der Waals surface area contributed by atoms with Crippen LogP contribution in [0.3, 0.4) is 0 Å². The van der Waals surface area contributed by atoms with Crippen molar-refractivity contribution < 1.29 is 4.74 Å². The molecule has 0 radical (unpaired) electrons. The molecule has 0 atom stereocenters. The van der Waals surface area contributed by atoms with Crippen LogP contribution in [-0.2, 0) is 6.54 Å². The van der Waals surface area contributed by atoms with Gasteiger partial charge in [-0.3, -0.25) is 0 Å². The van der Waals surface area contributed by atoms with Crippen LogP contribution in [-0.4, -0.2) is 13.2 Å². The van der Waals surface area contributed by atoms with Gasteiger partial charge in [0, 0.05) is 18.8 Å². The second-order valence-electron chi connectivity index (χ2n) is 6.56. The van der Waals surface area contributed by atoms with Crippen LogP contribution in [0, 0.1) is 20.8 Å². The highest BCUT2D eigenvalue weighted by Crippen LogP contribution is 2.11. The van der Waals surface area contributed by atoms with Crippen molar-refractivity contribution in [2.24, 2.45) is 11.5 Å². The van der Waals surface area contributed by atoms with Gasteiger partial charge in [0.25, 0.3) is 0 Å². The zero-order valence-electron chi connectivity index (χ0n) is 17.2. The van der Waals surface area contributed by atoms with Crippen LogP contribution in [0.15, 0.2) is 72.8 Å². The first kappa shape index (κ1) is 23.2. The van der Waals surface area contributed by atoms with Crippen molar-refractivity contribution in [3.63, 3.8) is 0 Å². The third kappa shape index (κ3) is 10.4. The normalized spacial score (nSPS) is 9.46. The van der Waals surface area contributed by atoms with Gasteiger partial charge >= 0.3 is 0 Å². The zero-order valence-corrected chi connectivity index (χ0v) is 17.2. The maximum absolute atomic E-state index is 5.46. The fourth-order valence-electron chi connectivity index (χ4n) is 2.39. The number of ether oxygens (including phenoxy) is 1. The number of benzene rings is 3. The number of nitrogen functional groups attached to an aromatic ring is 1. The average molecular weight is 380 g/mol. The van der Waals surface area contributed by atoms with E-state index >= 15 is 0 Å². The number of nitrogens with two attached hydrogens (primary N) is 3. The molecule has 0 heterocycles. The molecule has 0 aromatic heterocycles. The van der Waals surface area contributed by atoms with Crippen LogP contribution in [0.2, 0.25) is 0 Å². The summed E-state index contributed by atoms with van der Waals surface area (Å²) in [5, 5.41) is 0. The second-order valence-corrected chi connectivity index (χ2v) is 6.56. The Labute approximate surface area is 169 Å². The Morgan fingerprint density at radius 2 is 1.29 bits per heavy atom. The quantitative estimate of drug-likeness (QED) is 0.588. The minimum atomic E-state index is 0.563. The highest BCUT2D eigenvalue weighted by molar-refractivity contribution is 5.39. The molecule has 0 spiro atoms. The fourth-order valence-corrected chi connectivity index (χ4v) is 2.39. The van der Waals surface area contributed by atoms with Crippen molar-refractivity contribution in [3.05, 3.63) is 95.1 Å². The van der Waals surface area contributed by atoms with Gasteiger partial charge < -0.3 is 21.9 Å². The Morgan fingerprint density at radius 3 is 1.71 bits per heavy atom. The molecule has 0 aliphatic heterocycles. The minimum Gasteiger partial charge on any atom is -0.492 e. The summed E-state index contributed by atoms with van der Waals surface area (Å²) in [6.07, 6.45) is 0. The number of hydrogen-bond acceptors (Lipinski definition) is 4. The molecule has 0 amide bonds. The van der Waals surface area contributed by atoms with E-state index in [4.69, 9.17) is 21.9 Å². The Bertz CT molecular complexity index is 801. The lowest BCUT2D eigenvalue weighted by atomic mass is 10.1. The van der Waals surface area contributed by atoms with E-state index in [0.717, 1.165) is 11.4 Å². The summed E-state index contributed by atoms with van der Waals surface area (Å²) in [7, 11) is 0. The third-order valence-corrected chi connectivity index (χ3v) is 3.74. The Kier molecular flexibility index (Phi) is 11.1. The summed E-state index contributed by atoms with van der Waals surface area (Å²) in [5.41, 5.74) is 21.9. The summed E-state index contributed by atoms with van der Waals surface area (Å²) in [5.74, 6) is 0.899. The van der Waals surface area contributed by atoms with Gasteiger partial charge in [0.15, 0.2) is 0 Å². The molecule has 6 N–H and O–H groups in total. The number of rotatable bonds is 4. The monoisotopic (exact) mass is 379 g/mol. The first-order valence-electron chi connectivity index (χ1n) is 9.42. The molecule has 0 bridgehead atoms. The van der Waals surface area contributed by atoms with Crippen LogP contribution in [0.5, 0.6) is 5.75 Å². The lowest BCUT2D eigenvalue weighted by Gasteiger charge is -2.03. The van der Waals surface area contributed by atoms with Crippen molar-refractivity contribution in [1.82, 2.24) is 0 Å². The van der Waals surface area contributed by atoms with Gasteiger partial charge in [-0.1, -0.05) is 54.1 Å². The smallest absolute Gasteiger partial charge is 0.119 e. The zero-order chi connectivity index (χ0) is 20.8. The molecular formula is C24H33N3O. The van der Waals surface area contributed by atoms with Crippen molar-refractivity contribution in [3.8, 4) is 5.75 Å². The highest BCUT2D eigenvalue weighted by Gasteiger charge is 1.90. The molecule has 3 rings (SSSR count). The van der Waals surface area contributed by atoms with Crippen molar-refractivity contribution in [2.75, 3.05) is 18.9 Å². The maximum Gasteiger partial charge on any atom is 0.119 e. The molecule has 28 heavy (non-hydrogen) atoms. The summed E-state index contributed by atoms with van der Waals surface area (Å²) in [6, 6.07) is 24.0. The average Bonchev–Trinajstić information content (AvgIpc) is 2.67. The molecule has 4 nitrogen and oxygen atoms in total. The molecular weight excluding hydrogens is 346 g/mol. The largest absolute Gasteiger partial charge is 0.492 e. The minimum absolute atomic E-state index is 0.563. The summed E-state index contributed by atoms with van der Waals surface area (Å²) < 4.78 is 5.31. The van der Waals surface area contributed by atoms with Crippen molar-refractivity contribution in [1.29, 1.82) is 0 Å². The van der Waals surface area contributed by atoms with E-state index < -0.39 is 0 Å². The van der Waals surface area contributed by atoms with E-state index in [9.17, 15) is 0 Å². The molecule has 0 unspecified atom stereocenters. The summed E-state index contributed by atoms with van der Waals surface area (Å²) in [6.45, 7) is 7.92. The van der Waals surface area contributed by atoms with Crippen LogP contribution in [0.1, 0.15) is 22.3 Å². The molecule has 0 saturated carbocycles.